The van der Waals surface area contributed by atoms with Crippen LogP contribution in [-0.4, -0.2) is 9.13 Å². The van der Waals surface area contributed by atoms with Crippen molar-refractivity contribution in [2.75, 3.05) is 14.7 Å². The number of rotatable bonds is 13. The molecule has 0 unspecified atom stereocenters. The Morgan fingerprint density at radius 3 is 1.25 bits per heavy atom. The molecule has 17 aromatic carbocycles. The summed E-state index contributed by atoms with van der Waals surface area (Å²) in [7, 11) is 0. The molecule has 0 saturated heterocycles. The molecule has 0 aliphatic rings. The summed E-state index contributed by atoms with van der Waals surface area (Å²) in [5.41, 5.74) is 21.8. The predicted molar refractivity (Wildman–Crippen MR) is 430 cm³/mol. The topological polar surface area (TPSA) is 32.7 Å². The summed E-state index contributed by atoms with van der Waals surface area (Å²) in [5, 5.41) is 13.3. The van der Waals surface area contributed by atoms with Crippen LogP contribution in [0.25, 0.3) is 131 Å². The van der Waals surface area contributed by atoms with Crippen LogP contribution in [0.3, 0.4) is 0 Å². The largest absolute Gasteiger partial charge is 0.454 e. The summed E-state index contributed by atoms with van der Waals surface area (Å²) in [6, 6.07) is 139. The van der Waals surface area contributed by atoms with Crippen LogP contribution < -0.4 is 14.7 Å². The molecule has 478 valence electrons. The van der Waals surface area contributed by atoms with Crippen LogP contribution in [0.5, 0.6) is 0 Å². The molecule has 6 nitrogen and oxygen atoms in total. The second-order valence-electron chi connectivity index (χ2n) is 26.3. The van der Waals surface area contributed by atoms with Crippen molar-refractivity contribution in [2.45, 2.75) is 0 Å². The Hall–Kier alpha value is -13.7. The molecule has 0 amide bonds. The Kier molecular flexibility index (Phi) is 13.8. The number of fused-ring (bicyclic) bond motifs is 14. The first-order chi connectivity index (χ1) is 50.6. The van der Waals surface area contributed by atoms with E-state index in [1.807, 2.05) is 0 Å². The fourth-order valence-corrected chi connectivity index (χ4v) is 16.1. The first-order valence-corrected chi connectivity index (χ1v) is 34.9. The van der Waals surface area contributed by atoms with Crippen LogP contribution in [-0.2, 0) is 0 Å². The standard InChI is InChI=1S/C96H63N5O/c1-6-27-64(28-7-1)68-59-69(79-47-24-32-65-29-16-19-43-78(65)79)61-77(60-68)101-87-48-23-22-46-82(87)92-89(101)58-56-83-93-90(98(71-37-10-3-11-38-71)72-39-12-4-13-40-72)63-91-94(96(93)102-95(83)92)84-62-76(99(73-41-14-5-15-42-73)86-50-26-34-67-31-18-21-45-81(67)86)55-57-88(84)100(91)75-53-51-74(52-54-75)97(70-35-8-2-9-36-70)85-49-25-33-66-30-17-20-44-80(66)85/h1-63H. The summed E-state index contributed by atoms with van der Waals surface area (Å²) in [6.07, 6.45) is 0. The number of hydrogen-bond acceptors (Lipinski definition) is 4. The van der Waals surface area contributed by atoms with Gasteiger partial charge in [0.15, 0.2) is 0 Å². The highest BCUT2D eigenvalue weighted by Crippen LogP contribution is 2.53. The number of anilines is 9. The highest BCUT2D eigenvalue weighted by atomic mass is 16.3. The van der Waals surface area contributed by atoms with E-state index in [0.29, 0.717) is 0 Å². The third kappa shape index (κ3) is 9.56. The molecule has 0 aliphatic carbocycles. The average Bonchev–Trinajstić information content (AvgIpc) is 1.53. The second kappa shape index (κ2) is 24.1. The Bertz CT molecular complexity index is 6570. The van der Waals surface area contributed by atoms with Crippen molar-refractivity contribution in [1.82, 2.24) is 9.13 Å². The smallest absolute Gasteiger partial charge is 0.147 e. The molecular formula is C96H63N5O. The van der Waals surface area contributed by atoms with Gasteiger partial charge in [0, 0.05) is 72.4 Å². The Morgan fingerprint density at radius 1 is 0.206 bits per heavy atom. The van der Waals surface area contributed by atoms with E-state index >= 15 is 0 Å². The Balaban J connectivity index is 0.900. The van der Waals surface area contributed by atoms with Crippen LogP contribution >= 0.6 is 0 Å². The van der Waals surface area contributed by atoms with E-state index in [2.05, 4.69) is 406 Å². The fourth-order valence-electron chi connectivity index (χ4n) is 16.1. The number of nitrogens with zero attached hydrogens (tertiary/aromatic N) is 5. The van der Waals surface area contributed by atoms with E-state index in [1.54, 1.807) is 0 Å². The third-order valence-corrected chi connectivity index (χ3v) is 20.6. The highest BCUT2D eigenvalue weighted by Gasteiger charge is 2.30. The Labute approximate surface area is 589 Å². The quantitative estimate of drug-likeness (QED) is 0.115. The number of furan rings is 1. The first kappa shape index (κ1) is 58.5. The van der Waals surface area contributed by atoms with E-state index in [-0.39, 0.29) is 0 Å². The molecule has 20 aromatic rings. The maximum atomic E-state index is 8.13. The van der Waals surface area contributed by atoms with E-state index in [1.165, 1.54) is 32.5 Å². The lowest BCUT2D eigenvalue weighted by Crippen LogP contribution is -2.11. The van der Waals surface area contributed by atoms with Crippen molar-refractivity contribution in [3.8, 4) is 33.6 Å². The van der Waals surface area contributed by atoms with E-state index < -0.39 is 0 Å². The average molecular weight is 1300 g/mol. The molecule has 0 N–H and O–H groups in total. The molecule has 6 heteroatoms. The molecule has 0 bridgehead atoms. The number of hydrogen-bond donors (Lipinski definition) is 0. The van der Waals surface area contributed by atoms with E-state index in [0.717, 1.165) is 150 Å². The molecule has 0 fully saturated rings. The van der Waals surface area contributed by atoms with Crippen LogP contribution in [0.1, 0.15) is 0 Å². The summed E-state index contributed by atoms with van der Waals surface area (Å²) in [4.78, 5) is 7.22. The van der Waals surface area contributed by atoms with E-state index in [4.69, 9.17) is 4.42 Å². The van der Waals surface area contributed by atoms with Gasteiger partial charge in [0.2, 0.25) is 0 Å². The van der Waals surface area contributed by atoms with Gasteiger partial charge in [-0.3, -0.25) is 0 Å². The minimum absolute atomic E-state index is 0.795. The summed E-state index contributed by atoms with van der Waals surface area (Å²) in [6.45, 7) is 0. The molecule has 0 aliphatic heterocycles. The maximum absolute atomic E-state index is 8.13. The first-order valence-electron chi connectivity index (χ1n) is 34.9. The molecule has 0 spiro atoms. The van der Waals surface area contributed by atoms with Crippen molar-refractivity contribution < 1.29 is 4.42 Å². The summed E-state index contributed by atoms with van der Waals surface area (Å²) >= 11 is 0. The van der Waals surface area contributed by atoms with Crippen molar-refractivity contribution >= 4 is 149 Å². The molecule has 0 atom stereocenters. The molecule has 0 saturated carbocycles. The van der Waals surface area contributed by atoms with Crippen LogP contribution in [0.2, 0.25) is 0 Å². The van der Waals surface area contributed by atoms with Gasteiger partial charge in [-0.2, -0.15) is 0 Å². The van der Waals surface area contributed by atoms with Crippen molar-refractivity contribution in [1.29, 1.82) is 0 Å². The fraction of sp³-hybridized carbons (Fsp3) is 0. The van der Waals surface area contributed by atoms with Gasteiger partial charge in [0.25, 0.3) is 0 Å². The van der Waals surface area contributed by atoms with Gasteiger partial charge in [0.05, 0.1) is 55.3 Å². The van der Waals surface area contributed by atoms with Gasteiger partial charge < -0.3 is 28.3 Å². The predicted octanol–water partition coefficient (Wildman–Crippen LogP) is 27.0. The lowest BCUT2D eigenvalue weighted by Gasteiger charge is -2.27. The molecule has 20 rings (SSSR count). The third-order valence-electron chi connectivity index (χ3n) is 20.6. The summed E-state index contributed by atoms with van der Waals surface area (Å²) < 4.78 is 13.1. The zero-order chi connectivity index (χ0) is 67.2. The normalized spacial score (nSPS) is 11.7. The molecular weight excluding hydrogens is 1240 g/mol. The zero-order valence-electron chi connectivity index (χ0n) is 55.5. The van der Waals surface area contributed by atoms with Gasteiger partial charge >= 0.3 is 0 Å². The molecule has 3 aromatic heterocycles. The zero-order valence-corrected chi connectivity index (χ0v) is 55.5. The maximum Gasteiger partial charge on any atom is 0.147 e. The van der Waals surface area contributed by atoms with Crippen molar-refractivity contribution in [3.05, 3.63) is 382 Å². The molecule has 3 heterocycles. The van der Waals surface area contributed by atoms with Crippen LogP contribution in [0.15, 0.2) is 387 Å². The number of para-hydroxylation sites is 5. The van der Waals surface area contributed by atoms with Crippen molar-refractivity contribution in [3.63, 3.8) is 0 Å². The monoisotopic (exact) mass is 1300 g/mol. The summed E-state index contributed by atoms with van der Waals surface area (Å²) in [5.74, 6) is 0. The van der Waals surface area contributed by atoms with Gasteiger partial charge in [-0.25, -0.2) is 0 Å². The van der Waals surface area contributed by atoms with Gasteiger partial charge in [-0.05, 0) is 189 Å². The van der Waals surface area contributed by atoms with E-state index in [9.17, 15) is 0 Å². The number of benzene rings is 17. The highest BCUT2D eigenvalue weighted by molar-refractivity contribution is 6.32. The van der Waals surface area contributed by atoms with Gasteiger partial charge in [-0.15, -0.1) is 0 Å². The SMILES string of the molecule is c1ccc(-c2cc(-c3cccc4ccccc34)cc(-n3c4ccccc4c4c5oc6c(c(N(c7ccccc7)c7ccccc7)cc7c6c6cc(N(c8ccccc8)c8cccc9ccccc89)ccc6n7-c6ccc(N(c7ccccc7)c7cccc8ccccc78)cc6)c5ccc43)c2)cc1. The lowest BCUT2D eigenvalue weighted by atomic mass is 9.94. The number of aromatic nitrogens is 2. The Morgan fingerprint density at radius 2 is 0.637 bits per heavy atom. The second-order valence-corrected chi connectivity index (χ2v) is 26.3. The van der Waals surface area contributed by atoms with Crippen molar-refractivity contribution in [2.24, 2.45) is 0 Å². The molecule has 0 radical (unpaired) electrons. The van der Waals surface area contributed by atoms with Crippen LogP contribution in [0, 0.1) is 0 Å². The minimum atomic E-state index is 0.795. The van der Waals surface area contributed by atoms with Crippen LogP contribution in [0.4, 0.5) is 51.2 Å². The minimum Gasteiger partial charge on any atom is -0.454 e. The van der Waals surface area contributed by atoms with Gasteiger partial charge in [-0.1, -0.05) is 237 Å². The van der Waals surface area contributed by atoms with Gasteiger partial charge in [0.1, 0.15) is 11.2 Å². The molecule has 102 heavy (non-hydrogen) atoms. The lowest BCUT2D eigenvalue weighted by molar-refractivity contribution is 0.677.